The number of piperazine rings is 1. The SMILES string of the molecule is COCCCNC(=O)CN1CCN(C(=NC[C@@H]2CCCO2)Nc2ccc(C(=O)O)cc2)CC1. The number of amides is 1. The zero-order valence-corrected chi connectivity index (χ0v) is 19.3. The minimum Gasteiger partial charge on any atom is -0.478 e. The molecule has 0 unspecified atom stereocenters. The Hall–Kier alpha value is -2.69. The van der Waals surface area contributed by atoms with Crippen molar-refractivity contribution in [3.8, 4) is 0 Å². The number of ether oxygens (including phenoxy) is 2. The smallest absolute Gasteiger partial charge is 0.335 e. The quantitative estimate of drug-likeness (QED) is 0.270. The molecular formula is C23H35N5O5. The van der Waals surface area contributed by atoms with Crippen LogP contribution in [0.4, 0.5) is 5.69 Å². The number of rotatable bonds is 10. The molecule has 0 aromatic heterocycles. The van der Waals surface area contributed by atoms with E-state index in [4.69, 9.17) is 19.6 Å². The summed E-state index contributed by atoms with van der Waals surface area (Å²) in [4.78, 5) is 32.4. The average Bonchev–Trinajstić information content (AvgIpc) is 3.34. The molecule has 3 N–H and O–H groups in total. The van der Waals surface area contributed by atoms with Gasteiger partial charge in [0.15, 0.2) is 5.96 Å². The van der Waals surface area contributed by atoms with Crippen LogP contribution in [0.25, 0.3) is 0 Å². The predicted octanol–water partition coefficient (Wildman–Crippen LogP) is 1.10. The molecule has 2 aliphatic heterocycles. The third kappa shape index (κ3) is 8.30. The normalized spacial score (nSPS) is 19.5. The number of carboxylic acid groups (broad SMARTS) is 1. The van der Waals surface area contributed by atoms with Crippen LogP contribution in [-0.4, -0.2) is 105 Å². The number of benzene rings is 1. The van der Waals surface area contributed by atoms with Crippen molar-refractivity contribution in [2.75, 3.05) is 71.5 Å². The molecule has 1 aromatic rings. The Kier molecular flexibility index (Phi) is 9.92. The molecule has 0 saturated carbocycles. The number of nitrogens with zero attached hydrogens (tertiary/aromatic N) is 3. The van der Waals surface area contributed by atoms with Crippen LogP contribution < -0.4 is 10.6 Å². The lowest BCUT2D eigenvalue weighted by Crippen LogP contribution is -2.52. The fraction of sp³-hybridized carbons (Fsp3) is 0.609. The lowest BCUT2D eigenvalue weighted by atomic mass is 10.2. The van der Waals surface area contributed by atoms with Gasteiger partial charge in [-0.3, -0.25) is 14.7 Å². The molecule has 0 radical (unpaired) electrons. The van der Waals surface area contributed by atoms with Gasteiger partial charge in [0.25, 0.3) is 0 Å². The summed E-state index contributed by atoms with van der Waals surface area (Å²) in [7, 11) is 1.65. The van der Waals surface area contributed by atoms with Gasteiger partial charge in [0.05, 0.1) is 24.8 Å². The molecule has 182 valence electrons. The minimum absolute atomic E-state index is 0.0310. The van der Waals surface area contributed by atoms with Gasteiger partial charge in [-0.2, -0.15) is 0 Å². The molecule has 0 aliphatic carbocycles. The molecule has 1 aromatic carbocycles. The highest BCUT2D eigenvalue weighted by molar-refractivity contribution is 5.94. The van der Waals surface area contributed by atoms with Crippen molar-refractivity contribution in [3.63, 3.8) is 0 Å². The van der Waals surface area contributed by atoms with Crippen molar-refractivity contribution in [2.45, 2.75) is 25.4 Å². The Labute approximate surface area is 194 Å². The molecule has 1 atom stereocenters. The van der Waals surface area contributed by atoms with E-state index < -0.39 is 5.97 Å². The number of carbonyl (C=O) groups excluding carboxylic acids is 1. The molecule has 2 saturated heterocycles. The van der Waals surface area contributed by atoms with Gasteiger partial charge in [0.2, 0.25) is 5.91 Å². The van der Waals surface area contributed by atoms with Gasteiger partial charge < -0.3 is 30.1 Å². The van der Waals surface area contributed by atoms with Gasteiger partial charge in [0.1, 0.15) is 0 Å². The summed E-state index contributed by atoms with van der Waals surface area (Å²) in [5.41, 5.74) is 1.02. The van der Waals surface area contributed by atoms with Crippen LogP contribution in [-0.2, 0) is 14.3 Å². The van der Waals surface area contributed by atoms with Gasteiger partial charge in [-0.05, 0) is 43.5 Å². The number of hydrogen-bond acceptors (Lipinski definition) is 6. The summed E-state index contributed by atoms with van der Waals surface area (Å²) in [5, 5.41) is 15.4. The van der Waals surface area contributed by atoms with Crippen LogP contribution in [0.3, 0.4) is 0 Å². The van der Waals surface area contributed by atoms with Crippen molar-refractivity contribution >= 4 is 23.5 Å². The first-order valence-corrected chi connectivity index (χ1v) is 11.5. The van der Waals surface area contributed by atoms with Gasteiger partial charge in [-0.25, -0.2) is 4.79 Å². The first kappa shape index (κ1) is 24.9. The first-order valence-electron chi connectivity index (χ1n) is 11.5. The Balaban J connectivity index is 1.55. The maximum Gasteiger partial charge on any atom is 0.335 e. The largest absolute Gasteiger partial charge is 0.478 e. The number of methoxy groups -OCH3 is 1. The van der Waals surface area contributed by atoms with Crippen LogP contribution in [0.2, 0.25) is 0 Å². The predicted molar refractivity (Wildman–Crippen MR) is 126 cm³/mol. The Morgan fingerprint density at radius 2 is 1.97 bits per heavy atom. The average molecular weight is 462 g/mol. The van der Waals surface area contributed by atoms with E-state index in [-0.39, 0.29) is 17.6 Å². The number of nitrogens with one attached hydrogen (secondary N) is 2. The lowest BCUT2D eigenvalue weighted by molar-refractivity contribution is -0.122. The number of carboxylic acids is 1. The van der Waals surface area contributed by atoms with Crippen molar-refractivity contribution in [1.29, 1.82) is 0 Å². The zero-order chi connectivity index (χ0) is 23.5. The van der Waals surface area contributed by atoms with Gasteiger partial charge >= 0.3 is 5.97 Å². The van der Waals surface area contributed by atoms with Gasteiger partial charge in [-0.15, -0.1) is 0 Å². The maximum atomic E-state index is 12.2. The molecule has 10 heteroatoms. The van der Waals surface area contributed by atoms with Crippen LogP contribution in [0, 0.1) is 0 Å². The second-order valence-electron chi connectivity index (χ2n) is 8.27. The van der Waals surface area contributed by atoms with E-state index in [1.807, 2.05) is 0 Å². The fourth-order valence-corrected chi connectivity index (χ4v) is 3.84. The molecule has 1 amide bonds. The Morgan fingerprint density at radius 1 is 1.21 bits per heavy atom. The molecule has 33 heavy (non-hydrogen) atoms. The number of hydrogen-bond donors (Lipinski definition) is 3. The fourth-order valence-electron chi connectivity index (χ4n) is 3.84. The summed E-state index contributed by atoms with van der Waals surface area (Å²) in [5.74, 6) is -0.173. The summed E-state index contributed by atoms with van der Waals surface area (Å²) < 4.78 is 10.7. The summed E-state index contributed by atoms with van der Waals surface area (Å²) in [6.45, 7) is 5.99. The Morgan fingerprint density at radius 3 is 2.61 bits per heavy atom. The van der Waals surface area contributed by atoms with Crippen molar-refractivity contribution in [3.05, 3.63) is 29.8 Å². The third-order valence-corrected chi connectivity index (χ3v) is 5.74. The standard InChI is InChI=1S/C23H35N5O5/c1-32-14-3-9-24-21(29)17-27-10-12-28(13-11-27)23(25-16-20-4-2-15-33-20)26-19-7-5-18(6-8-19)22(30)31/h5-8,20H,2-4,9-17H2,1H3,(H,24,29)(H,25,26)(H,30,31)/t20-/m0/s1. The number of aromatic carboxylic acids is 1. The molecule has 2 fully saturated rings. The van der Waals surface area contributed by atoms with E-state index >= 15 is 0 Å². The second-order valence-corrected chi connectivity index (χ2v) is 8.27. The van der Waals surface area contributed by atoms with Crippen LogP contribution in [0.1, 0.15) is 29.6 Å². The van der Waals surface area contributed by atoms with E-state index in [1.54, 1.807) is 31.4 Å². The Bertz CT molecular complexity index is 787. The third-order valence-electron chi connectivity index (χ3n) is 5.74. The highest BCUT2D eigenvalue weighted by Gasteiger charge is 2.23. The van der Waals surface area contributed by atoms with Crippen molar-refractivity contribution in [2.24, 2.45) is 4.99 Å². The van der Waals surface area contributed by atoms with E-state index in [1.165, 1.54) is 0 Å². The van der Waals surface area contributed by atoms with Crippen LogP contribution in [0.15, 0.2) is 29.3 Å². The molecule has 2 heterocycles. The number of anilines is 1. The summed E-state index contributed by atoms with van der Waals surface area (Å²) in [6.07, 6.45) is 3.02. The topological polar surface area (TPSA) is 116 Å². The van der Waals surface area contributed by atoms with Crippen LogP contribution in [0.5, 0.6) is 0 Å². The highest BCUT2D eigenvalue weighted by Crippen LogP contribution is 2.15. The second kappa shape index (κ2) is 13.1. The number of guanidine groups is 1. The maximum absolute atomic E-state index is 12.2. The molecule has 10 nitrogen and oxygen atoms in total. The highest BCUT2D eigenvalue weighted by atomic mass is 16.5. The molecule has 2 aliphatic rings. The molecule has 3 rings (SSSR count). The van der Waals surface area contributed by atoms with Gasteiger partial charge in [0, 0.05) is 58.7 Å². The molecular weight excluding hydrogens is 426 g/mol. The number of aliphatic imine (C=N–C) groups is 1. The molecule has 0 spiro atoms. The van der Waals surface area contributed by atoms with E-state index in [0.717, 1.165) is 63.7 Å². The van der Waals surface area contributed by atoms with Crippen molar-refractivity contribution < 1.29 is 24.2 Å². The summed E-state index contributed by atoms with van der Waals surface area (Å²) >= 11 is 0. The number of carbonyl (C=O) groups is 2. The monoisotopic (exact) mass is 461 g/mol. The minimum atomic E-state index is -0.951. The van der Waals surface area contributed by atoms with Crippen LogP contribution >= 0.6 is 0 Å². The zero-order valence-electron chi connectivity index (χ0n) is 19.3. The molecule has 0 bridgehead atoms. The van der Waals surface area contributed by atoms with E-state index in [2.05, 4.69) is 20.4 Å². The van der Waals surface area contributed by atoms with E-state index in [0.29, 0.717) is 26.2 Å². The summed E-state index contributed by atoms with van der Waals surface area (Å²) in [6, 6.07) is 6.64. The van der Waals surface area contributed by atoms with E-state index in [9.17, 15) is 9.59 Å². The lowest BCUT2D eigenvalue weighted by Gasteiger charge is -2.36. The van der Waals surface area contributed by atoms with Gasteiger partial charge in [-0.1, -0.05) is 0 Å². The first-order chi connectivity index (χ1) is 16.0. The van der Waals surface area contributed by atoms with Crippen molar-refractivity contribution in [1.82, 2.24) is 15.1 Å².